The Kier molecular flexibility index (Phi) is 4.67. The molecule has 0 amide bonds. The molecular formula is C15H30. The van der Waals surface area contributed by atoms with E-state index in [1.54, 1.807) is 0 Å². The zero-order valence-corrected chi connectivity index (χ0v) is 11.4. The average Bonchev–Trinajstić information content (AvgIpc) is 2.27. The Balaban J connectivity index is 2.63. The van der Waals surface area contributed by atoms with E-state index < -0.39 is 0 Å². The van der Waals surface area contributed by atoms with Gasteiger partial charge in [-0.2, -0.15) is 0 Å². The molecule has 0 radical (unpaired) electrons. The summed E-state index contributed by atoms with van der Waals surface area (Å²) in [5.74, 6) is 0. The Hall–Kier alpha value is 0. The van der Waals surface area contributed by atoms with Gasteiger partial charge in [0.1, 0.15) is 0 Å². The topological polar surface area (TPSA) is 0 Å². The van der Waals surface area contributed by atoms with Crippen LogP contribution in [0.2, 0.25) is 0 Å². The van der Waals surface area contributed by atoms with Crippen LogP contribution in [0.15, 0.2) is 0 Å². The van der Waals surface area contributed by atoms with Crippen molar-refractivity contribution < 1.29 is 0 Å². The SMILES string of the molecule is CCC(CC)(CC)CC1(C)CCCCC1. The van der Waals surface area contributed by atoms with Crippen LogP contribution in [-0.4, -0.2) is 0 Å². The highest BCUT2D eigenvalue weighted by Gasteiger charge is 2.35. The lowest BCUT2D eigenvalue weighted by atomic mass is 9.63. The minimum Gasteiger partial charge on any atom is -0.0649 e. The highest BCUT2D eigenvalue weighted by Crippen LogP contribution is 2.48. The van der Waals surface area contributed by atoms with Crippen LogP contribution in [0, 0.1) is 10.8 Å². The van der Waals surface area contributed by atoms with Crippen LogP contribution in [0.25, 0.3) is 0 Å². The molecule has 0 aromatic heterocycles. The maximum absolute atomic E-state index is 2.54. The van der Waals surface area contributed by atoms with Crippen molar-refractivity contribution in [3.05, 3.63) is 0 Å². The first-order valence-electron chi connectivity index (χ1n) is 7.10. The zero-order chi connectivity index (χ0) is 11.4. The van der Waals surface area contributed by atoms with Crippen LogP contribution in [0.3, 0.4) is 0 Å². The van der Waals surface area contributed by atoms with Crippen molar-refractivity contribution in [3.63, 3.8) is 0 Å². The maximum Gasteiger partial charge on any atom is -0.0300 e. The van der Waals surface area contributed by atoms with E-state index in [1.165, 1.54) is 57.8 Å². The van der Waals surface area contributed by atoms with Crippen molar-refractivity contribution in [2.24, 2.45) is 10.8 Å². The Morgan fingerprint density at radius 3 is 1.73 bits per heavy atom. The molecule has 15 heavy (non-hydrogen) atoms. The molecule has 90 valence electrons. The molecule has 1 rings (SSSR count). The number of hydrogen-bond acceptors (Lipinski definition) is 0. The lowest BCUT2D eigenvalue weighted by Gasteiger charge is -2.43. The van der Waals surface area contributed by atoms with E-state index in [0.717, 1.165) is 0 Å². The largest absolute Gasteiger partial charge is 0.0649 e. The molecule has 0 nitrogen and oxygen atoms in total. The van der Waals surface area contributed by atoms with Crippen molar-refractivity contribution in [1.29, 1.82) is 0 Å². The molecule has 0 unspecified atom stereocenters. The van der Waals surface area contributed by atoms with E-state index in [0.29, 0.717) is 10.8 Å². The normalized spacial score (nSPS) is 21.6. The second kappa shape index (κ2) is 5.37. The van der Waals surface area contributed by atoms with Crippen LogP contribution in [0.4, 0.5) is 0 Å². The molecule has 0 heterocycles. The molecule has 0 atom stereocenters. The Morgan fingerprint density at radius 1 is 0.867 bits per heavy atom. The monoisotopic (exact) mass is 210 g/mol. The van der Waals surface area contributed by atoms with Crippen molar-refractivity contribution in [1.82, 2.24) is 0 Å². The molecule has 0 aliphatic heterocycles. The van der Waals surface area contributed by atoms with Gasteiger partial charge in [0, 0.05) is 0 Å². The third kappa shape index (κ3) is 3.23. The molecule has 0 saturated heterocycles. The lowest BCUT2D eigenvalue weighted by molar-refractivity contribution is 0.0893. The lowest BCUT2D eigenvalue weighted by Crippen LogP contribution is -2.30. The quantitative estimate of drug-likeness (QED) is 0.557. The summed E-state index contributed by atoms with van der Waals surface area (Å²) < 4.78 is 0. The molecule has 0 spiro atoms. The van der Waals surface area contributed by atoms with Crippen molar-refractivity contribution in [2.75, 3.05) is 0 Å². The molecular weight excluding hydrogens is 180 g/mol. The Labute approximate surface area is 96.8 Å². The van der Waals surface area contributed by atoms with Crippen LogP contribution < -0.4 is 0 Å². The third-order valence-corrected chi connectivity index (χ3v) is 5.11. The minimum atomic E-state index is 0.645. The average molecular weight is 210 g/mol. The molecule has 0 aromatic rings. The first-order valence-corrected chi connectivity index (χ1v) is 7.10. The molecule has 1 fully saturated rings. The van der Waals surface area contributed by atoms with Crippen molar-refractivity contribution in [3.8, 4) is 0 Å². The Morgan fingerprint density at radius 2 is 1.33 bits per heavy atom. The van der Waals surface area contributed by atoms with Gasteiger partial charge in [-0.1, -0.05) is 66.2 Å². The first-order chi connectivity index (χ1) is 7.10. The number of hydrogen-bond donors (Lipinski definition) is 0. The summed E-state index contributed by atoms with van der Waals surface area (Å²) in [5, 5.41) is 0. The van der Waals surface area contributed by atoms with Crippen LogP contribution in [0.5, 0.6) is 0 Å². The fourth-order valence-electron chi connectivity index (χ4n) is 3.61. The standard InChI is InChI=1S/C15H30/c1-5-15(6-2,7-3)13-14(4)11-9-8-10-12-14/h5-13H2,1-4H3. The van der Waals surface area contributed by atoms with E-state index in [-0.39, 0.29) is 0 Å². The van der Waals surface area contributed by atoms with E-state index in [9.17, 15) is 0 Å². The van der Waals surface area contributed by atoms with Gasteiger partial charge in [0.05, 0.1) is 0 Å². The van der Waals surface area contributed by atoms with Gasteiger partial charge in [-0.15, -0.1) is 0 Å². The second-order valence-electron chi connectivity index (χ2n) is 6.11. The molecule has 0 N–H and O–H groups in total. The predicted molar refractivity (Wildman–Crippen MR) is 69.1 cm³/mol. The van der Waals surface area contributed by atoms with Gasteiger partial charge in [-0.3, -0.25) is 0 Å². The highest BCUT2D eigenvalue weighted by molar-refractivity contribution is 4.87. The minimum absolute atomic E-state index is 0.645. The van der Waals surface area contributed by atoms with E-state index >= 15 is 0 Å². The summed E-state index contributed by atoms with van der Waals surface area (Å²) in [7, 11) is 0. The fourth-order valence-corrected chi connectivity index (χ4v) is 3.61. The van der Waals surface area contributed by atoms with Gasteiger partial charge < -0.3 is 0 Å². The van der Waals surface area contributed by atoms with Gasteiger partial charge in [-0.25, -0.2) is 0 Å². The summed E-state index contributed by atoms with van der Waals surface area (Å²) in [5.41, 5.74) is 1.31. The van der Waals surface area contributed by atoms with Crippen molar-refractivity contribution >= 4 is 0 Å². The Bertz CT molecular complexity index is 162. The number of rotatable bonds is 5. The van der Waals surface area contributed by atoms with Crippen LogP contribution >= 0.6 is 0 Å². The maximum atomic E-state index is 2.54. The summed E-state index contributed by atoms with van der Waals surface area (Å²) in [4.78, 5) is 0. The predicted octanol–water partition coefficient (Wildman–Crippen LogP) is 5.56. The summed E-state index contributed by atoms with van der Waals surface area (Å²) in [6, 6.07) is 0. The first kappa shape index (κ1) is 13.1. The summed E-state index contributed by atoms with van der Waals surface area (Å²) in [6.07, 6.45) is 13.0. The molecule has 1 saturated carbocycles. The van der Waals surface area contributed by atoms with Crippen LogP contribution in [-0.2, 0) is 0 Å². The van der Waals surface area contributed by atoms with Crippen molar-refractivity contribution in [2.45, 2.75) is 85.5 Å². The third-order valence-electron chi connectivity index (χ3n) is 5.11. The second-order valence-corrected chi connectivity index (χ2v) is 6.11. The van der Waals surface area contributed by atoms with Gasteiger partial charge >= 0.3 is 0 Å². The van der Waals surface area contributed by atoms with Gasteiger partial charge in [0.2, 0.25) is 0 Å². The van der Waals surface area contributed by atoms with Crippen LogP contribution in [0.1, 0.15) is 85.5 Å². The fraction of sp³-hybridized carbons (Fsp3) is 1.00. The summed E-state index contributed by atoms with van der Waals surface area (Å²) >= 11 is 0. The smallest absolute Gasteiger partial charge is 0.0300 e. The van der Waals surface area contributed by atoms with Gasteiger partial charge in [0.15, 0.2) is 0 Å². The van der Waals surface area contributed by atoms with E-state index in [2.05, 4.69) is 27.7 Å². The molecule has 0 heteroatoms. The summed E-state index contributed by atoms with van der Waals surface area (Å²) in [6.45, 7) is 9.71. The highest BCUT2D eigenvalue weighted by atomic mass is 14.4. The van der Waals surface area contributed by atoms with E-state index in [4.69, 9.17) is 0 Å². The molecule has 1 aliphatic carbocycles. The zero-order valence-electron chi connectivity index (χ0n) is 11.4. The van der Waals surface area contributed by atoms with E-state index in [1.807, 2.05) is 0 Å². The molecule has 0 bridgehead atoms. The molecule has 1 aliphatic rings. The van der Waals surface area contributed by atoms with Gasteiger partial charge in [0.25, 0.3) is 0 Å². The molecule has 0 aromatic carbocycles. The van der Waals surface area contributed by atoms with Gasteiger partial charge in [-0.05, 0) is 30.1 Å².